The highest BCUT2D eigenvalue weighted by Crippen LogP contribution is 2.38. The van der Waals surface area contributed by atoms with E-state index in [1.54, 1.807) is 54.6 Å². The number of benzene rings is 3. The minimum Gasteiger partial charge on any atom is -0.493 e. The van der Waals surface area contributed by atoms with Crippen molar-refractivity contribution in [2.75, 3.05) is 54.4 Å². The molecule has 0 aromatic heterocycles. The number of rotatable bonds is 42. The van der Waals surface area contributed by atoms with E-state index in [0.29, 0.717) is 54.9 Å². The smallest absolute Gasteiger partial charge is 0.229 e. The second-order valence-electron chi connectivity index (χ2n) is 31.1. The first-order valence-electron chi connectivity index (χ1n) is 41.0. The number of methoxy groups -OCH3 is 3. The summed E-state index contributed by atoms with van der Waals surface area (Å²) >= 11 is 0. The normalized spacial score (nSPS) is 30.6. The SMILES string of the molecule is COc1cc(CNC(=O)CCCC/C=C/C(C)C)ccc1O[C@@H]1O[C@H](CO)[C@@H](O)[C@H](O)[C@H]1O.COc1cc(CNC(=O)CCCC/C=C/C(C)C)ccc1O[C@@H]1O[C@H](CO)[C@@H](O)[C@H](O)[C@H]1O[C@@H]1O[C@H](CO)[C@@H](O)[C@H](O)[C@H]1O.COc1cc(CNC(=O)CCCC/C=C/C(C)C)ccc1O[C@@H]1O[C@H](CO)[C@@H](O)[C@H](O[C@@H]2O[C@H](CO)[C@@H](O)[C@H](O)[C@H]2O)[C@H]1O. The first kappa shape index (κ1) is 103. The van der Waals surface area contributed by atoms with E-state index in [2.05, 4.69) is 93.9 Å². The van der Waals surface area contributed by atoms with Crippen molar-refractivity contribution >= 4 is 17.7 Å². The van der Waals surface area contributed by atoms with Gasteiger partial charge in [-0.05, 0) is 129 Å². The molecule has 5 aliphatic heterocycles. The molecule has 121 heavy (non-hydrogen) atoms. The van der Waals surface area contributed by atoms with Crippen LogP contribution in [-0.4, -0.2) is 318 Å². The van der Waals surface area contributed by atoms with E-state index < -0.39 is 187 Å². The number of ether oxygens (including phenoxy) is 13. The number of amides is 3. The average molecular weight is 1730 g/mol. The molecule has 3 aromatic rings. The maximum Gasteiger partial charge on any atom is 0.229 e. The molecule has 5 aliphatic rings. The quantitative estimate of drug-likeness (QED) is 0.0250. The van der Waals surface area contributed by atoms with Crippen molar-refractivity contribution in [3.05, 3.63) is 108 Å². The first-order valence-corrected chi connectivity index (χ1v) is 41.0. The Bertz CT molecular complexity index is 3590. The zero-order valence-corrected chi connectivity index (χ0v) is 70.1. The van der Waals surface area contributed by atoms with Gasteiger partial charge in [-0.15, -0.1) is 0 Å². The largest absolute Gasteiger partial charge is 0.493 e. The third-order valence-electron chi connectivity index (χ3n) is 20.3. The predicted molar refractivity (Wildman–Crippen MR) is 430 cm³/mol. The number of allylic oxidation sites excluding steroid dienone is 6. The van der Waals surface area contributed by atoms with Gasteiger partial charge < -0.3 is 169 Å². The zero-order chi connectivity index (χ0) is 89.2. The molecule has 0 aliphatic carbocycles. The van der Waals surface area contributed by atoms with Crippen molar-refractivity contribution in [2.45, 2.75) is 292 Å². The number of hydrogen-bond donors (Lipinski definition) is 21. The highest BCUT2D eigenvalue weighted by Gasteiger charge is 2.54. The van der Waals surface area contributed by atoms with Crippen molar-refractivity contribution in [1.29, 1.82) is 0 Å². The minimum atomic E-state index is -1.79. The molecule has 5 heterocycles. The van der Waals surface area contributed by atoms with Gasteiger partial charge in [0.2, 0.25) is 36.6 Å². The Morgan fingerprint density at radius 3 is 0.917 bits per heavy atom. The first-order chi connectivity index (χ1) is 57.8. The van der Waals surface area contributed by atoms with Gasteiger partial charge >= 0.3 is 0 Å². The summed E-state index contributed by atoms with van der Waals surface area (Å²) < 4.78 is 72.3. The van der Waals surface area contributed by atoms with Crippen LogP contribution in [0.25, 0.3) is 0 Å². The zero-order valence-electron chi connectivity index (χ0n) is 70.1. The van der Waals surface area contributed by atoms with Crippen molar-refractivity contribution in [1.82, 2.24) is 16.0 Å². The van der Waals surface area contributed by atoms with Gasteiger partial charge in [-0.3, -0.25) is 14.4 Å². The summed E-state index contributed by atoms with van der Waals surface area (Å²) in [5.41, 5.74) is 2.23. The number of nitrogens with one attached hydrogen (secondary N) is 3. The molecule has 5 fully saturated rings. The van der Waals surface area contributed by atoms with Crippen LogP contribution >= 0.6 is 0 Å². The number of aliphatic hydroxyl groups is 18. The molecule has 0 unspecified atom stereocenters. The molecule has 37 nitrogen and oxygen atoms in total. The molecule has 25 atom stereocenters. The Morgan fingerprint density at radius 1 is 0.331 bits per heavy atom. The lowest BCUT2D eigenvalue weighted by Crippen LogP contribution is -2.65. The van der Waals surface area contributed by atoms with Crippen molar-refractivity contribution in [2.24, 2.45) is 17.8 Å². The van der Waals surface area contributed by atoms with Crippen molar-refractivity contribution < 1.29 is 168 Å². The monoisotopic (exact) mass is 1730 g/mol. The summed E-state index contributed by atoms with van der Waals surface area (Å²) in [4.78, 5) is 36.7. The van der Waals surface area contributed by atoms with Gasteiger partial charge in [0.05, 0.1) is 54.4 Å². The third kappa shape index (κ3) is 31.6. The molecule has 0 bridgehead atoms. The van der Waals surface area contributed by atoms with Crippen molar-refractivity contribution in [3.63, 3.8) is 0 Å². The standard InChI is InChI=1S/2C30H47NO13.C24H37NO8/c1-16(2)8-6-4-5-7-9-22(34)31-13-17-10-11-18(19(12-17)40-3)41-30-27(39)28(24(36)21(15-33)43-30)44-29-26(38)25(37)23(35)20(14-32)42-29;1-16(2)8-6-4-5-7-9-22(34)31-13-17-10-11-18(19(12-17)40-3)41-30-28(26(38)24(36)21(15-33)43-30)44-29-27(39)25(37)23(35)20(14-32)42-29;1-15(2)8-6-4-5-7-9-20(27)25-13-16-10-11-17(18(12-16)31-3)32-24-23(30)22(29)21(28)19(14-26)33-24/h2*6,8,10-12,16,20-21,23-30,32-33,35-39H,4-5,7,9,13-15H2,1-3H3,(H,31,34);6,8,10-12,15,19,21-24,26,28-30H,4-5,7,9,13-14H2,1-3H3,(H,25,27)/b3*8-6+/t20-,21-,23-,24-,25+,26-,27-,28+,29+,30-;20-,21-,23-,24-,25+,26+,27-,28-,29+,30-;19-,21-,22+,23-,24-/m111/s1. The minimum absolute atomic E-state index is 0.0246. The fourth-order valence-electron chi connectivity index (χ4n) is 13.2. The molecule has 0 radical (unpaired) electrons. The summed E-state index contributed by atoms with van der Waals surface area (Å²) in [6.45, 7) is 10.2. The number of unbranched alkanes of at least 4 members (excludes halogenated alkanes) is 6. The lowest BCUT2D eigenvalue weighted by Gasteiger charge is -2.45. The van der Waals surface area contributed by atoms with E-state index in [1.807, 2.05) is 0 Å². The van der Waals surface area contributed by atoms with E-state index >= 15 is 0 Å². The lowest BCUT2D eigenvalue weighted by atomic mass is 9.97. The lowest BCUT2D eigenvalue weighted by molar-refractivity contribution is -0.357. The second kappa shape index (κ2) is 52.8. The van der Waals surface area contributed by atoms with Gasteiger partial charge in [-0.1, -0.05) is 96.2 Å². The topological polar surface area (TPSA) is 571 Å². The molecular weight excluding hydrogens is 1590 g/mol. The summed E-state index contributed by atoms with van der Waals surface area (Å²) in [7, 11) is 4.25. The molecule has 0 saturated carbocycles. The van der Waals surface area contributed by atoms with Gasteiger partial charge in [0.25, 0.3) is 0 Å². The van der Waals surface area contributed by atoms with Crippen LogP contribution in [0.15, 0.2) is 91.1 Å². The maximum absolute atomic E-state index is 12.3. The molecule has 21 N–H and O–H groups in total. The van der Waals surface area contributed by atoms with Crippen LogP contribution in [0.1, 0.15) is 135 Å². The molecule has 3 aromatic carbocycles. The number of carbonyl (C=O) groups is 3. The van der Waals surface area contributed by atoms with E-state index in [9.17, 15) is 106 Å². The van der Waals surface area contributed by atoms with Crippen molar-refractivity contribution in [3.8, 4) is 34.5 Å². The highest BCUT2D eigenvalue weighted by molar-refractivity contribution is 5.76. The van der Waals surface area contributed by atoms with Crippen LogP contribution in [0.4, 0.5) is 0 Å². The van der Waals surface area contributed by atoms with Crippen LogP contribution in [0.3, 0.4) is 0 Å². The summed E-state index contributed by atoms with van der Waals surface area (Å²) in [5, 5.41) is 190. The van der Waals surface area contributed by atoms with E-state index in [0.717, 1.165) is 68.9 Å². The Hall–Kier alpha value is -6.91. The van der Waals surface area contributed by atoms with Crippen LogP contribution in [0, 0.1) is 17.8 Å². The fraction of sp³-hybridized carbons (Fsp3) is 0.679. The molecule has 5 saturated heterocycles. The van der Waals surface area contributed by atoms with Gasteiger partial charge in [-0.25, -0.2) is 0 Å². The van der Waals surface area contributed by atoms with Gasteiger partial charge in [-0.2, -0.15) is 0 Å². The van der Waals surface area contributed by atoms with Gasteiger partial charge in [0.1, 0.15) is 116 Å². The van der Waals surface area contributed by atoms with Gasteiger partial charge in [0.15, 0.2) is 53.2 Å². The number of aliphatic hydroxyl groups excluding tert-OH is 18. The third-order valence-corrected chi connectivity index (χ3v) is 20.3. The highest BCUT2D eigenvalue weighted by atomic mass is 16.8. The van der Waals surface area contributed by atoms with Crippen LogP contribution < -0.4 is 44.4 Å². The maximum atomic E-state index is 12.3. The molecular formula is C84H131N3O34. The second-order valence-corrected chi connectivity index (χ2v) is 31.1. The Labute approximate surface area is 704 Å². The predicted octanol–water partition coefficient (Wildman–Crippen LogP) is -0.563. The summed E-state index contributed by atoms with van der Waals surface area (Å²) in [5.74, 6) is 2.72. The van der Waals surface area contributed by atoms with E-state index in [1.165, 1.54) is 21.3 Å². The van der Waals surface area contributed by atoms with Crippen LogP contribution in [0.2, 0.25) is 0 Å². The molecule has 3 amide bonds. The number of carbonyl (C=O) groups excluding carboxylic acids is 3. The Morgan fingerprint density at radius 2 is 0.603 bits per heavy atom. The average Bonchev–Trinajstić information content (AvgIpc) is 0.759. The molecule has 8 rings (SSSR count). The molecule has 37 heteroatoms. The Balaban J connectivity index is 0.000000285. The van der Waals surface area contributed by atoms with E-state index in [4.69, 9.17) is 61.6 Å². The number of hydrogen-bond acceptors (Lipinski definition) is 34. The van der Waals surface area contributed by atoms with Crippen LogP contribution in [0.5, 0.6) is 34.5 Å². The molecule has 0 spiro atoms. The fourth-order valence-corrected chi connectivity index (χ4v) is 13.2. The molecule has 686 valence electrons. The summed E-state index contributed by atoms with van der Waals surface area (Å²) in [6, 6.07) is 14.8. The van der Waals surface area contributed by atoms with Gasteiger partial charge in [0, 0.05) is 38.9 Å². The van der Waals surface area contributed by atoms with Crippen LogP contribution in [-0.2, 0) is 67.2 Å². The summed E-state index contributed by atoms with van der Waals surface area (Å²) in [6.07, 6.45) is -16.3. The Kier molecular flexibility index (Phi) is 44.9. The van der Waals surface area contributed by atoms with E-state index in [-0.39, 0.29) is 59.6 Å².